The topological polar surface area (TPSA) is 24.5 Å². The first kappa shape index (κ1) is 6.58. The highest BCUT2D eigenvalue weighted by Crippen LogP contribution is 2.05. The van der Waals surface area contributed by atoms with Gasteiger partial charge in [0.15, 0.2) is 0 Å². The Morgan fingerprint density at radius 1 is 1.78 bits per heavy atom. The van der Waals surface area contributed by atoms with Gasteiger partial charge in [0, 0.05) is 13.5 Å². The van der Waals surface area contributed by atoms with E-state index in [0.29, 0.717) is 6.17 Å². The van der Waals surface area contributed by atoms with Gasteiger partial charge in [-0.2, -0.15) is 0 Å². The summed E-state index contributed by atoms with van der Waals surface area (Å²) in [6.07, 6.45) is 5.04. The van der Waals surface area contributed by atoms with Crippen molar-refractivity contribution < 1.29 is 4.84 Å². The smallest absolute Gasteiger partial charge is 0.107 e. The first-order valence-electron chi connectivity index (χ1n) is 3.06. The number of hydroxylamine groups is 2. The maximum Gasteiger partial charge on any atom is 0.107 e. The highest BCUT2D eigenvalue weighted by atomic mass is 16.7. The molecule has 1 N–H and O–H groups in total. The predicted molar refractivity (Wildman–Crippen MR) is 35.5 cm³/mol. The number of nitrogens with one attached hydrogen (secondary N) is 1. The monoisotopic (exact) mass is 128 g/mol. The Morgan fingerprint density at radius 2 is 2.56 bits per heavy atom. The molecule has 1 unspecified atom stereocenters. The van der Waals surface area contributed by atoms with E-state index in [4.69, 9.17) is 4.84 Å². The van der Waals surface area contributed by atoms with Crippen LogP contribution >= 0.6 is 0 Å². The normalized spacial score (nSPS) is 28.0. The third kappa shape index (κ3) is 1.43. The first-order valence-corrected chi connectivity index (χ1v) is 3.06. The van der Waals surface area contributed by atoms with Crippen molar-refractivity contribution in [2.24, 2.45) is 0 Å². The van der Waals surface area contributed by atoms with Gasteiger partial charge in [0.2, 0.25) is 0 Å². The fraction of sp³-hybridized carbons (Fsp3) is 0.667. The Balaban J connectivity index is 2.43. The largest absolute Gasteiger partial charge is 0.413 e. The van der Waals surface area contributed by atoms with E-state index in [-0.39, 0.29) is 0 Å². The lowest BCUT2D eigenvalue weighted by molar-refractivity contribution is -0.130. The van der Waals surface area contributed by atoms with Crippen LogP contribution in [0.4, 0.5) is 0 Å². The summed E-state index contributed by atoms with van der Waals surface area (Å²) in [7, 11) is 3.83. The lowest BCUT2D eigenvalue weighted by Gasteiger charge is -2.27. The molecule has 0 aromatic carbocycles. The van der Waals surface area contributed by atoms with Gasteiger partial charge >= 0.3 is 0 Å². The van der Waals surface area contributed by atoms with E-state index in [9.17, 15) is 0 Å². The Labute approximate surface area is 55.2 Å². The SMILES string of the molecule is CNC1CC=CON1C. The Morgan fingerprint density at radius 3 is 3.00 bits per heavy atom. The molecule has 0 saturated carbocycles. The Bertz CT molecular complexity index is 114. The maximum atomic E-state index is 5.07. The number of nitrogens with zero attached hydrogens (tertiary/aromatic N) is 1. The van der Waals surface area contributed by atoms with Crippen molar-refractivity contribution in [1.29, 1.82) is 0 Å². The van der Waals surface area contributed by atoms with E-state index in [2.05, 4.69) is 5.32 Å². The van der Waals surface area contributed by atoms with Gasteiger partial charge in [-0.15, -0.1) is 5.06 Å². The molecule has 0 fully saturated rings. The summed E-state index contributed by atoms with van der Waals surface area (Å²) in [4.78, 5) is 5.07. The van der Waals surface area contributed by atoms with Crippen molar-refractivity contribution in [3.63, 3.8) is 0 Å². The van der Waals surface area contributed by atoms with E-state index in [1.165, 1.54) is 0 Å². The molecule has 0 aliphatic carbocycles. The molecule has 1 rings (SSSR count). The van der Waals surface area contributed by atoms with Crippen LogP contribution in [0.5, 0.6) is 0 Å². The standard InChI is InChI=1S/C6H12N2O/c1-7-6-4-3-5-9-8(6)2/h3,5-7H,4H2,1-2H3. The average Bonchev–Trinajstić information content (AvgIpc) is 1.89. The van der Waals surface area contributed by atoms with Gasteiger partial charge in [0.25, 0.3) is 0 Å². The molecular formula is C6H12N2O. The number of hydrogen-bond donors (Lipinski definition) is 1. The second-order valence-electron chi connectivity index (χ2n) is 2.06. The van der Waals surface area contributed by atoms with Gasteiger partial charge in [-0.05, 0) is 13.1 Å². The molecule has 0 bridgehead atoms. The fourth-order valence-corrected chi connectivity index (χ4v) is 0.845. The van der Waals surface area contributed by atoms with Gasteiger partial charge in [-0.1, -0.05) is 0 Å². The van der Waals surface area contributed by atoms with Crippen LogP contribution in [0.2, 0.25) is 0 Å². The third-order valence-corrected chi connectivity index (χ3v) is 1.45. The highest BCUT2D eigenvalue weighted by molar-refractivity contribution is 4.82. The number of rotatable bonds is 1. The van der Waals surface area contributed by atoms with E-state index in [1.54, 1.807) is 11.3 Å². The molecule has 0 spiro atoms. The predicted octanol–water partition coefficient (Wildman–Crippen LogP) is 0.313. The van der Waals surface area contributed by atoms with Crippen molar-refractivity contribution in [3.8, 4) is 0 Å². The maximum absolute atomic E-state index is 5.07. The molecule has 9 heavy (non-hydrogen) atoms. The van der Waals surface area contributed by atoms with Crippen molar-refractivity contribution in [3.05, 3.63) is 12.3 Å². The van der Waals surface area contributed by atoms with Crippen molar-refractivity contribution >= 4 is 0 Å². The summed E-state index contributed by atoms with van der Waals surface area (Å²) in [6.45, 7) is 0. The molecule has 0 amide bonds. The van der Waals surface area contributed by atoms with E-state index in [1.807, 2.05) is 20.2 Å². The fourth-order valence-electron chi connectivity index (χ4n) is 0.845. The molecule has 1 aliphatic heterocycles. The van der Waals surface area contributed by atoms with Crippen LogP contribution in [0, 0.1) is 0 Å². The summed E-state index contributed by atoms with van der Waals surface area (Å²) in [5, 5.41) is 4.90. The zero-order valence-corrected chi connectivity index (χ0v) is 5.79. The van der Waals surface area contributed by atoms with Crippen LogP contribution in [0.1, 0.15) is 6.42 Å². The van der Waals surface area contributed by atoms with Gasteiger partial charge in [-0.3, -0.25) is 0 Å². The molecule has 3 heteroatoms. The molecule has 1 heterocycles. The molecule has 0 saturated heterocycles. The minimum atomic E-state index is 0.329. The quantitative estimate of drug-likeness (QED) is 0.550. The summed E-state index contributed by atoms with van der Waals surface area (Å²) in [5.41, 5.74) is 0. The molecule has 1 atom stereocenters. The molecule has 0 aromatic heterocycles. The molecule has 3 nitrogen and oxygen atoms in total. The molecule has 1 aliphatic rings. The van der Waals surface area contributed by atoms with Gasteiger partial charge in [0.05, 0.1) is 6.17 Å². The lowest BCUT2D eigenvalue weighted by atomic mass is 10.3. The summed E-state index contributed by atoms with van der Waals surface area (Å²) < 4.78 is 0. The van der Waals surface area contributed by atoms with Crippen molar-refractivity contribution in [1.82, 2.24) is 10.4 Å². The highest BCUT2D eigenvalue weighted by Gasteiger charge is 2.13. The molecular weight excluding hydrogens is 116 g/mol. The molecule has 0 radical (unpaired) electrons. The van der Waals surface area contributed by atoms with Crippen LogP contribution in [0.3, 0.4) is 0 Å². The van der Waals surface area contributed by atoms with Gasteiger partial charge < -0.3 is 10.2 Å². The second kappa shape index (κ2) is 2.85. The van der Waals surface area contributed by atoms with Crippen LogP contribution in [-0.2, 0) is 4.84 Å². The molecule has 0 aromatic rings. The van der Waals surface area contributed by atoms with Gasteiger partial charge in [-0.25, -0.2) is 0 Å². The van der Waals surface area contributed by atoms with Crippen LogP contribution < -0.4 is 5.32 Å². The van der Waals surface area contributed by atoms with Gasteiger partial charge in [0.1, 0.15) is 6.26 Å². The first-order chi connectivity index (χ1) is 4.34. The van der Waals surface area contributed by atoms with Crippen LogP contribution in [0.15, 0.2) is 12.3 Å². The lowest BCUT2D eigenvalue weighted by Crippen LogP contribution is -2.41. The second-order valence-corrected chi connectivity index (χ2v) is 2.06. The molecule has 52 valence electrons. The van der Waals surface area contributed by atoms with Crippen molar-refractivity contribution in [2.75, 3.05) is 14.1 Å². The minimum Gasteiger partial charge on any atom is -0.413 e. The van der Waals surface area contributed by atoms with E-state index < -0.39 is 0 Å². The van der Waals surface area contributed by atoms with Crippen LogP contribution in [-0.4, -0.2) is 25.3 Å². The zero-order chi connectivity index (χ0) is 6.69. The van der Waals surface area contributed by atoms with E-state index >= 15 is 0 Å². The van der Waals surface area contributed by atoms with E-state index in [0.717, 1.165) is 6.42 Å². The van der Waals surface area contributed by atoms with Crippen LogP contribution in [0.25, 0.3) is 0 Å². The zero-order valence-electron chi connectivity index (χ0n) is 5.79. The summed E-state index contributed by atoms with van der Waals surface area (Å²) in [5.74, 6) is 0. The number of hydrogen-bond acceptors (Lipinski definition) is 3. The third-order valence-electron chi connectivity index (χ3n) is 1.45. The Kier molecular flexibility index (Phi) is 2.08. The van der Waals surface area contributed by atoms with Crippen molar-refractivity contribution in [2.45, 2.75) is 12.6 Å². The average molecular weight is 128 g/mol. The Hall–Kier alpha value is -0.540. The summed E-state index contributed by atoms with van der Waals surface area (Å²) in [6, 6.07) is 0. The minimum absolute atomic E-state index is 0.329. The summed E-state index contributed by atoms with van der Waals surface area (Å²) >= 11 is 0.